The first kappa shape index (κ1) is 15.7. The van der Waals surface area contributed by atoms with Crippen molar-refractivity contribution < 1.29 is 14.3 Å². The van der Waals surface area contributed by atoms with Gasteiger partial charge < -0.3 is 20.5 Å². The number of benzene rings is 2. The van der Waals surface area contributed by atoms with Gasteiger partial charge in [-0.05, 0) is 56.3 Å². The van der Waals surface area contributed by atoms with E-state index >= 15 is 0 Å². The lowest BCUT2D eigenvalue weighted by Crippen LogP contribution is -2.12. The highest BCUT2D eigenvalue weighted by molar-refractivity contribution is 6.04. The lowest BCUT2D eigenvalue weighted by Gasteiger charge is -2.11. The summed E-state index contributed by atoms with van der Waals surface area (Å²) in [5, 5.41) is 2.80. The highest BCUT2D eigenvalue weighted by Crippen LogP contribution is 2.25. The Balaban J connectivity index is 2.07. The van der Waals surface area contributed by atoms with Gasteiger partial charge >= 0.3 is 0 Å². The maximum Gasteiger partial charge on any atom is 0.255 e. The van der Waals surface area contributed by atoms with Crippen molar-refractivity contribution in [2.45, 2.75) is 20.0 Å². The summed E-state index contributed by atoms with van der Waals surface area (Å²) in [6, 6.07) is 12.1. The number of hydrogen-bond donors (Lipinski definition) is 2. The van der Waals surface area contributed by atoms with Crippen molar-refractivity contribution in [1.29, 1.82) is 0 Å². The summed E-state index contributed by atoms with van der Waals surface area (Å²) in [5.41, 5.74) is 7.46. The van der Waals surface area contributed by atoms with Crippen molar-refractivity contribution in [1.82, 2.24) is 0 Å². The fourth-order valence-electron chi connectivity index (χ4n) is 1.97. The van der Waals surface area contributed by atoms with E-state index in [1.165, 1.54) is 0 Å². The number of anilines is 2. The minimum absolute atomic E-state index is 0.0990. The highest BCUT2D eigenvalue weighted by atomic mass is 16.5. The number of methoxy groups -OCH3 is 1. The number of hydrogen-bond acceptors (Lipinski definition) is 4. The molecule has 0 radical (unpaired) electrons. The zero-order valence-corrected chi connectivity index (χ0v) is 12.9. The van der Waals surface area contributed by atoms with Crippen LogP contribution >= 0.6 is 0 Å². The Morgan fingerprint density at radius 3 is 2.36 bits per heavy atom. The van der Waals surface area contributed by atoms with Gasteiger partial charge in [0.25, 0.3) is 5.91 Å². The van der Waals surface area contributed by atoms with Gasteiger partial charge in [0.2, 0.25) is 0 Å². The predicted octanol–water partition coefficient (Wildman–Crippen LogP) is 3.32. The quantitative estimate of drug-likeness (QED) is 0.831. The van der Waals surface area contributed by atoms with Gasteiger partial charge in [-0.3, -0.25) is 4.79 Å². The fraction of sp³-hybridized carbons (Fsp3) is 0.235. The molecule has 5 heteroatoms. The Morgan fingerprint density at radius 1 is 1.14 bits per heavy atom. The third-order valence-electron chi connectivity index (χ3n) is 2.98. The average molecular weight is 300 g/mol. The molecule has 0 aliphatic rings. The van der Waals surface area contributed by atoms with E-state index in [1.54, 1.807) is 49.6 Å². The van der Waals surface area contributed by atoms with Gasteiger partial charge in [0.1, 0.15) is 11.5 Å². The van der Waals surface area contributed by atoms with Gasteiger partial charge in [-0.25, -0.2) is 0 Å². The van der Waals surface area contributed by atoms with Gasteiger partial charge in [-0.2, -0.15) is 0 Å². The summed E-state index contributed by atoms with van der Waals surface area (Å²) in [6.07, 6.45) is 0.0990. The molecule has 0 unspecified atom stereocenters. The molecule has 2 aromatic carbocycles. The molecule has 5 nitrogen and oxygen atoms in total. The summed E-state index contributed by atoms with van der Waals surface area (Å²) >= 11 is 0. The van der Waals surface area contributed by atoms with Crippen LogP contribution in [0, 0.1) is 0 Å². The minimum Gasteiger partial charge on any atom is -0.495 e. The van der Waals surface area contributed by atoms with E-state index in [0.29, 0.717) is 22.7 Å². The van der Waals surface area contributed by atoms with Crippen LogP contribution < -0.4 is 20.5 Å². The van der Waals surface area contributed by atoms with Gasteiger partial charge in [0.05, 0.1) is 18.9 Å². The van der Waals surface area contributed by atoms with Crippen LogP contribution in [-0.2, 0) is 0 Å². The third kappa shape index (κ3) is 3.91. The molecule has 2 rings (SSSR count). The van der Waals surface area contributed by atoms with Crippen molar-refractivity contribution >= 4 is 17.3 Å². The molecule has 1 amide bonds. The fourth-order valence-corrected chi connectivity index (χ4v) is 1.97. The lowest BCUT2D eigenvalue weighted by molar-refractivity contribution is 0.102. The lowest BCUT2D eigenvalue weighted by atomic mass is 10.2. The first-order valence-corrected chi connectivity index (χ1v) is 7.01. The van der Waals surface area contributed by atoms with E-state index in [2.05, 4.69) is 5.32 Å². The van der Waals surface area contributed by atoms with Crippen LogP contribution in [0.3, 0.4) is 0 Å². The Bertz CT molecular complexity index is 651. The molecule has 0 heterocycles. The van der Waals surface area contributed by atoms with E-state index in [1.807, 2.05) is 13.8 Å². The molecule has 0 aromatic heterocycles. The SMILES string of the molecule is COc1ccc(NC(=O)c2ccc(OC(C)C)cc2)cc1N. The Morgan fingerprint density at radius 2 is 1.82 bits per heavy atom. The van der Waals surface area contributed by atoms with Crippen LogP contribution in [0.15, 0.2) is 42.5 Å². The third-order valence-corrected chi connectivity index (χ3v) is 2.98. The molecule has 3 N–H and O–H groups in total. The van der Waals surface area contributed by atoms with E-state index in [4.69, 9.17) is 15.2 Å². The maximum atomic E-state index is 12.2. The molecular formula is C17H20N2O3. The maximum absolute atomic E-state index is 12.2. The number of carbonyl (C=O) groups excluding carboxylic acids is 1. The number of amides is 1. The number of ether oxygens (including phenoxy) is 2. The van der Waals surface area contributed by atoms with Crippen molar-refractivity contribution in [2.75, 3.05) is 18.2 Å². The molecule has 0 aliphatic heterocycles. The van der Waals surface area contributed by atoms with Crippen LogP contribution in [0.1, 0.15) is 24.2 Å². The molecule has 0 spiro atoms. The topological polar surface area (TPSA) is 73.6 Å². The first-order valence-electron chi connectivity index (χ1n) is 7.01. The average Bonchev–Trinajstić information content (AvgIpc) is 2.47. The van der Waals surface area contributed by atoms with Crippen molar-refractivity contribution in [3.05, 3.63) is 48.0 Å². The van der Waals surface area contributed by atoms with Crippen LogP contribution in [0.4, 0.5) is 11.4 Å². The van der Waals surface area contributed by atoms with Gasteiger partial charge in [0.15, 0.2) is 0 Å². The normalized spacial score (nSPS) is 10.4. The van der Waals surface area contributed by atoms with E-state index in [-0.39, 0.29) is 12.0 Å². The van der Waals surface area contributed by atoms with Gasteiger partial charge in [0, 0.05) is 11.3 Å². The molecule has 0 saturated carbocycles. The van der Waals surface area contributed by atoms with Gasteiger partial charge in [-0.1, -0.05) is 0 Å². The summed E-state index contributed by atoms with van der Waals surface area (Å²) in [7, 11) is 1.55. The number of nitrogens with two attached hydrogens (primary N) is 1. The number of rotatable bonds is 5. The summed E-state index contributed by atoms with van der Waals surface area (Å²) < 4.78 is 10.6. The Hall–Kier alpha value is -2.69. The molecular weight excluding hydrogens is 280 g/mol. The molecule has 0 aliphatic carbocycles. The van der Waals surface area contributed by atoms with Crippen LogP contribution in [0.5, 0.6) is 11.5 Å². The van der Waals surface area contributed by atoms with Crippen LogP contribution in [-0.4, -0.2) is 19.1 Å². The number of carbonyl (C=O) groups is 1. The smallest absolute Gasteiger partial charge is 0.255 e. The van der Waals surface area contributed by atoms with E-state index in [0.717, 1.165) is 5.75 Å². The van der Waals surface area contributed by atoms with Crippen molar-refractivity contribution in [3.63, 3.8) is 0 Å². The second-order valence-electron chi connectivity index (χ2n) is 5.10. The molecule has 0 atom stereocenters. The molecule has 0 bridgehead atoms. The first-order chi connectivity index (χ1) is 10.5. The van der Waals surface area contributed by atoms with E-state index in [9.17, 15) is 4.79 Å². The van der Waals surface area contributed by atoms with Crippen molar-refractivity contribution in [3.8, 4) is 11.5 Å². The van der Waals surface area contributed by atoms with Gasteiger partial charge in [-0.15, -0.1) is 0 Å². The number of nitrogen functional groups attached to an aromatic ring is 1. The molecule has 0 saturated heterocycles. The summed E-state index contributed by atoms with van der Waals surface area (Å²) in [5.74, 6) is 1.11. The van der Waals surface area contributed by atoms with Crippen LogP contribution in [0.25, 0.3) is 0 Å². The molecule has 116 valence electrons. The standard InChI is InChI=1S/C17H20N2O3/c1-11(2)22-14-7-4-12(5-8-14)17(20)19-13-6-9-16(21-3)15(18)10-13/h4-11H,18H2,1-3H3,(H,19,20). The zero-order valence-electron chi connectivity index (χ0n) is 12.9. The molecule has 0 fully saturated rings. The predicted molar refractivity (Wildman–Crippen MR) is 87.6 cm³/mol. The largest absolute Gasteiger partial charge is 0.495 e. The summed E-state index contributed by atoms with van der Waals surface area (Å²) in [4.78, 5) is 12.2. The number of nitrogens with one attached hydrogen (secondary N) is 1. The Labute approximate surface area is 130 Å². The zero-order chi connectivity index (χ0) is 16.1. The Kier molecular flexibility index (Phi) is 4.88. The van der Waals surface area contributed by atoms with E-state index < -0.39 is 0 Å². The second kappa shape index (κ2) is 6.85. The highest BCUT2D eigenvalue weighted by Gasteiger charge is 2.08. The molecule has 2 aromatic rings. The minimum atomic E-state index is -0.208. The monoisotopic (exact) mass is 300 g/mol. The molecule has 22 heavy (non-hydrogen) atoms. The van der Waals surface area contributed by atoms with Crippen molar-refractivity contribution in [2.24, 2.45) is 0 Å². The summed E-state index contributed by atoms with van der Waals surface area (Å²) in [6.45, 7) is 3.91. The second-order valence-corrected chi connectivity index (χ2v) is 5.10. The van der Waals surface area contributed by atoms with Crippen LogP contribution in [0.2, 0.25) is 0 Å².